The number of rotatable bonds is 4. The summed E-state index contributed by atoms with van der Waals surface area (Å²) < 4.78 is 11.0. The molecule has 2 aliphatic heterocycles. The predicted molar refractivity (Wildman–Crippen MR) is 107 cm³/mol. The van der Waals surface area contributed by atoms with Gasteiger partial charge in [-0.3, -0.25) is 9.59 Å². The van der Waals surface area contributed by atoms with E-state index in [4.69, 9.17) is 9.47 Å². The molecule has 0 unspecified atom stereocenters. The number of hydrogen-bond acceptors (Lipinski definition) is 4. The summed E-state index contributed by atoms with van der Waals surface area (Å²) in [7, 11) is 1.53. The fourth-order valence-electron chi connectivity index (χ4n) is 3.49. The highest BCUT2D eigenvalue weighted by molar-refractivity contribution is 6.08. The van der Waals surface area contributed by atoms with E-state index in [0.29, 0.717) is 22.6 Å². The number of carbonyl (C=O) groups excluding carboxylic acids is 2. The van der Waals surface area contributed by atoms with Crippen molar-refractivity contribution < 1.29 is 19.1 Å². The van der Waals surface area contributed by atoms with Crippen LogP contribution in [0.25, 0.3) is 6.08 Å². The Morgan fingerprint density at radius 1 is 1.11 bits per heavy atom. The molecule has 144 valence electrons. The second kappa shape index (κ2) is 7.76. The van der Waals surface area contributed by atoms with Crippen LogP contribution in [-0.2, 0) is 4.79 Å². The monoisotopic (exact) mass is 378 g/mol. The van der Waals surface area contributed by atoms with Gasteiger partial charge in [-0.1, -0.05) is 18.2 Å². The highest BCUT2D eigenvalue weighted by Crippen LogP contribution is 2.29. The number of nitrogens with zero attached hydrogens (tertiary/aromatic N) is 1. The van der Waals surface area contributed by atoms with Crippen LogP contribution in [0.15, 0.2) is 48.0 Å². The van der Waals surface area contributed by atoms with E-state index in [1.807, 2.05) is 35.2 Å². The van der Waals surface area contributed by atoms with Crippen molar-refractivity contribution in [1.29, 1.82) is 0 Å². The molecule has 0 atom stereocenters. The molecular formula is C22H22N2O4. The van der Waals surface area contributed by atoms with Crippen molar-refractivity contribution in [2.24, 2.45) is 0 Å². The van der Waals surface area contributed by atoms with Gasteiger partial charge in [0.1, 0.15) is 18.1 Å². The number of benzene rings is 2. The summed E-state index contributed by atoms with van der Waals surface area (Å²) in [6, 6.07) is 12.7. The normalized spacial score (nSPS) is 15.3. The van der Waals surface area contributed by atoms with E-state index in [1.165, 1.54) is 7.11 Å². The Balaban J connectivity index is 1.56. The van der Waals surface area contributed by atoms with Gasteiger partial charge in [0.15, 0.2) is 0 Å². The first kappa shape index (κ1) is 18.1. The fourth-order valence-corrected chi connectivity index (χ4v) is 3.49. The molecule has 0 spiro atoms. The Morgan fingerprint density at radius 2 is 1.89 bits per heavy atom. The largest absolute Gasteiger partial charge is 0.495 e. The standard InChI is InChI=1S/C22H22N2O4/c1-27-20-9-8-16(22(26)24-10-4-5-11-24)13-18(20)23-21(25)17-12-15-6-2-3-7-19(15)28-14-17/h2-3,6-9,12-13H,4-5,10-11,14H2,1H3,(H,23,25). The molecule has 2 aromatic carbocycles. The van der Waals surface area contributed by atoms with Crippen LogP contribution in [-0.4, -0.2) is 43.5 Å². The Hall–Kier alpha value is -3.28. The summed E-state index contributed by atoms with van der Waals surface area (Å²) in [4.78, 5) is 27.3. The van der Waals surface area contributed by atoms with Crippen molar-refractivity contribution in [3.05, 3.63) is 59.2 Å². The van der Waals surface area contributed by atoms with Crippen molar-refractivity contribution in [2.75, 3.05) is 32.1 Å². The Labute approximate surface area is 163 Å². The maximum Gasteiger partial charge on any atom is 0.255 e. The number of methoxy groups -OCH3 is 1. The van der Waals surface area contributed by atoms with E-state index in [0.717, 1.165) is 37.2 Å². The number of likely N-dealkylation sites (tertiary alicyclic amines) is 1. The van der Waals surface area contributed by atoms with Crippen LogP contribution in [0.1, 0.15) is 28.8 Å². The van der Waals surface area contributed by atoms with Crippen LogP contribution in [0.3, 0.4) is 0 Å². The second-order valence-corrected chi connectivity index (χ2v) is 6.86. The number of carbonyl (C=O) groups is 2. The molecule has 0 aliphatic carbocycles. The van der Waals surface area contributed by atoms with Gasteiger partial charge in [0.05, 0.1) is 18.4 Å². The molecule has 1 saturated heterocycles. The molecule has 1 N–H and O–H groups in total. The van der Waals surface area contributed by atoms with Gasteiger partial charge >= 0.3 is 0 Å². The Morgan fingerprint density at radius 3 is 2.68 bits per heavy atom. The van der Waals surface area contributed by atoms with Gasteiger partial charge in [0, 0.05) is 24.2 Å². The molecule has 2 heterocycles. The zero-order valence-electron chi connectivity index (χ0n) is 15.7. The first-order valence-corrected chi connectivity index (χ1v) is 9.37. The average molecular weight is 378 g/mol. The van der Waals surface area contributed by atoms with Crippen molar-refractivity contribution >= 4 is 23.6 Å². The highest BCUT2D eigenvalue weighted by atomic mass is 16.5. The third-order valence-electron chi connectivity index (χ3n) is 5.01. The summed E-state index contributed by atoms with van der Waals surface area (Å²) in [5, 5.41) is 2.86. The van der Waals surface area contributed by atoms with Gasteiger partial charge in [-0.05, 0) is 43.2 Å². The number of anilines is 1. The third-order valence-corrected chi connectivity index (χ3v) is 5.01. The number of nitrogens with one attached hydrogen (secondary N) is 1. The van der Waals surface area contributed by atoms with Gasteiger partial charge in [-0.2, -0.15) is 0 Å². The quantitative estimate of drug-likeness (QED) is 0.886. The van der Waals surface area contributed by atoms with Gasteiger partial charge in [0.25, 0.3) is 11.8 Å². The zero-order valence-corrected chi connectivity index (χ0v) is 15.7. The first-order valence-electron chi connectivity index (χ1n) is 9.37. The molecule has 2 aromatic rings. The Bertz CT molecular complexity index is 945. The van der Waals surface area contributed by atoms with Crippen molar-refractivity contribution in [1.82, 2.24) is 4.90 Å². The number of para-hydroxylation sites is 1. The molecule has 6 nitrogen and oxygen atoms in total. The lowest BCUT2D eigenvalue weighted by molar-refractivity contribution is -0.113. The molecule has 28 heavy (non-hydrogen) atoms. The predicted octanol–water partition coefficient (Wildman–Crippen LogP) is 3.35. The first-order chi connectivity index (χ1) is 13.7. The summed E-state index contributed by atoms with van der Waals surface area (Å²) in [6.45, 7) is 1.74. The Kier molecular flexibility index (Phi) is 5.02. The van der Waals surface area contributed by atoms with Gasteiger partial charge in [-0.15, -0.1) is 0 Å². The molecule has 0 saturated carbocycles. The summed E-state index contributed by atoms with van der Waals surface area (Å²) in [5.41, 5.74) is 2.38. The van der Waals surface area contributed by atoms with Crippen LogP contribution in [0, 0.1) is 0 Å². The molecule has 4 rings (SSSR count). The lowest BCUT2D eigenvalue weighted by Crippen LogP contribution is -2.27. The maximum atomic E-state index is 12.8. The van der Waals surface area contributed by atoms with Gasteiger partial charge in [-0.25, -0.2) is 0 Å². The van der Waals surface area contributed by atoms with Crippen molar-refractivity contribution in [3.8, 4) is 11.5 Å². The van der Waals surface area contributed by atoms with Crippen LogP contribution < -0.4 is 14.8 Å². The number of amides is 2. The summed E-state index contributed by atoms with van der Waals surface area (Å²) in [5.74, 6) is 0.960. The van der Waals surface area contributed by atoms with E-state index >= 15 is 0 Å². The van der Waals surface area contributed by atoms with Crippen LogP contribution >= 0.6 is 0 Å². The van der Waals surface area contributed by atoms with Crippen LogP contribution in [0.5, 0.6) is 11.5 Å². The second-order valence-electron chi connectivity index (χ2n) is 6.86. The molecular weight excluding hydrogens is 356 g/mol. The molecule has 2 aliphatic rings. The minimum atomic E-state index is -0.279. The topological polar surface area (TPSA) is 67.9 Å². The number of fused-ring (bicyclic) bond motifs is 1. The maximum absolute atomic E-state index is 12.8. The highest BCUT2D eigenvalue weighted by Gasteiger charge is 2.22. The smallest absolute Gasteiger partial charge is 0.255 e. The van der Waals surface area contributed by atoms with E-state index in [9.17, 15) is 9.59 Å². The molecule has 6 heteroatoms. The van der Waals surface area contributed by atoms with Crippen molar-refractivity contribution in [3.63, 3.8) is 0 Å². The molecule has 0 bridgehead atoms. The summed E-state index contributed by atoms with van der Waals surface area (Å²) in [6.07, 6.45) is 3.88. The van der Waals surface area contributed by atoms with E-state index < -0.39 is 0 Å². The van der Waals surface area contributed by atoms with Crippen LogP contribution in [0.4, 0.5) is 5.69 Å². The number of ether oxygens (including phenoxy) is 2. The molecule has 2 amide bonds. The van der Waals surface area contributed by atoms with Gasteiger partial charge < -0.3 is 19.7 Å². The SMILES string of the molecule is COc1ccc(C(=O)N2CCCC2)cc1NC(=O)C1=Cc2ccccc2OC1. The zero-order chi connectivity index (χ0) is 19.5. The minimum absolute atomic E-state index is 0.0233. The third kappa shape index (κ3) is 3.58. The molecule has 0 aromatic heterocycles. The fraction of sp³-hybridized carbons (Fsp3) is 0.273. The average Bonchev–Trinajstić information content (AvgIpc) is 3.27. The van der Waals surface area contributed by atoms with Gasteiger partial charge in [0.2, 0.25) is 0 Å². The lowest BCUT2D eigenvalue weighted by atomic mass is 10.1. The molecule has 0 radical (unpaired) electrons. The lowest BCUT2D eigenvalue weighted by Gasteiger charge is -2.19. The van der Waals surface area contributed by atoms with Crippen molar-refractivity contribution in [2.45, 2.75) is 12.8 Å². The van der Waals surface area contributed by atoms with Crippen LogP contribution in [0.2, 0.25) is 0 Å². The number of hydrogen-bond donors (Lipinski definition) is 1. The molecule has 1 fully saturated rings. The minimum Gasteiger partial charge on any atom is -0.495 e. The van der Waals surface area contributed by atoms with E-state index in [-0.39, 0.29) is 18.4 Å². The van der Waals surface area contributed by atoms with E-state index in [2.05, 4.69) is 5.32 Å². The van der Waals surface area contributed by atoms with E-state index in [1.54, 1.807) is 18.2 Å². The summed E-state index contributed by atoms with van der Waals surface area (Å²) >= 11 is 0.